The predicted molar refractivity (Wildman–Crippen MR) is 78.9 cm³/mol. The number of rotatable bonds is 4. The lowest BCUT2D eigenvalue weighted by Crippen LogP contribution is -2.10. The number of carbonyl (C=O) groups is 1. The molecular weight excluding hydrogens is 290 g/mol. The number of hydrogen-bond donors (Lipinski definition) is 2. The summed E-state index contributed by atoms with van der Waals surface area (Å²) in [7, 11) is 0. The molecule has 0 unspecified atom stereocenters. The summed E-state index contributed by atoms with van der Waals surface area (Å²) in [5, 5.41) is 26.0. The molecule has 0 fully saturated rings. The van der Waals surface area contributed by atoms with Crippen molar-refractivity contribution in [2.75, 3.05) is 5.32 Å². The van der Waals surface area contributed by atoms with Gasteiger partial charge in [-0.05, 0) is 18.2 Å². The lowest BCUT2D eigenvalue weighted by atomic mass is 10.2. The van der Waals surface area contributed by atoms with Crippen LogP contribution in [0.1, 0.15) is 5.56 Å². The van der Waals surface area contributed by atoms with Crippen molar-refractivity contribution in [1.82, 2.24) is 0 Å². The number of aromatic hydroxyl groups is 1. The minimum absolute atomic E-state index is 0.0571. The van der Waals surface area contributed by atoms with Gasteiger partial charge in [-0.3, -0.25) is 20.3 Å². The van der Waals surface area contributed by atoms with Crippen molar-refractivity contribution in [3.05, 3.63) is 64.2 Å². The fourth-order valence-electron chi connectivity index (χ4n) is 1.55. The number of oxime groups is 1. The van der Waals surface area contributed by atoms with Crippen LogP contribution in [0.5, 0.6) is 5.75 Å². The average Bonchev–Trinajstić information content (AvgIpc) is 2.50. The number of non-ortho nitro benzene ring substituents is 1. The maximum atomic E-state index is 11.4. The zero-order valence-electron chi connectivity index (χ0n) is 11.2. The van der Waals surface area contributed by atoms with Gasteiger partial charge in [-0.1, -0.05) is 23.4 Å². The minimum atomic E-state index is -0.827. The van der Waals surface area contributed by atoms with E-state index in [0.29, 0.717) is 5.69 Å². The van der Waals surface area contributed by atoms with E-state index in [1.54, 1.807) is 30.3 Å². The predicted octanol–water partition coefficient (Wildman–Crippen LogP) is 2.88. The Labute approximate surface area is 124 Å². The number of carbonyl (C=O) groups excluding carboxylic acids is 1. The lowest BCUT2D eigenvalue weighted by Gasteiger charge is -2.02. The number of nitrogens with zero attached hydrogens (tertiary/aromatic N) is 2. The van der Waals surface area contributed by atoms with Crippen LogP contribution >= 0.6 is 0 Å². The van der Waals surface area contributed by atoms with Crippen LogP contribution in [-0.2, 0) is 4.84 Å². The zero-order valence-corrected chi connectivity index (χ0v) is 11.2. The lowest BCUT2D eigenvalue weighted by molar-refractivity contribution is -0.384. The number of amides is 1. The van der Waals surface area contributed by atoms with Gasteiger partial charge < -0.3 is 5.11 Å². The van der Waals surface area contributed by atoms with E-state index < -0.39 is 11.0 Å². The molecule has 2 N–H and O–H groups in total. The molecule has 22 heavy (non-hydrogen) atoms. The summed E-state index contributed by atoms with van der Waals surface area (Å²) in [5.74, 6) is -0.221. The molecule has 0 aliphatic carbocycles. The smallest absolute Gasteiger partial charge is 0.437 e. The van der Waals surface area contributed by atoms with E-state index in [1.807, 2.05) is 0 Å². The molecule has 2 rings (SSSR count). The summed E-state index contributed by atoms with van der Waals surface area (Å²) in [4.78, 5) is 26.0. The molecule has 0 spiro atoms. The van der Waals surface area contributed by atoms with Crippen LogP contribution in [0.25, 0.3) is 0 Å². The molecule has 1 amide bonds. The highest BCUT2D eigenvalue weighted by Gasteiger charge is 2.09. The van der Waals surface area contributed by atoms with Crippen molar-refractivity contribution in [3.63, 3.8) is 0 Å². The van der Waals surface area contributed by atoms with E-state index in [9.17, 15) is 20.0 Å². The molecule has 8 nitrogen and oxygen atoms in total. The van der Waals surface area contributed by atoms with E-state index in [4.69, 9.17) is 0 Å². The Kier molecular flexibility index (Phi) is 4.66. The average molecular weight is 301 g/mol. The van der Waals surface area contributed by atoms with Crippen LogP contribution in [0, 0.1) is 10.1 Å². The maximum absolute atomic E-state index is 11.4. The van der Waals surface area contributed by atoms with Gasteiger partial charge in [-0.25, -0.2) is 4.79 Å². The van der Waals surface area contributed by atoms with Gasteiger partial charge in [0.15, 0.2) is 0 Å². The first-order chi connectivity index (χ1) is 10.6. The summed E-state index contributed by atoms with van der Waals surface area (Å²) in [5.41, 5.74) is 0.371. The third kappa shape index (κ3) is 4.04. The largest absolute Gasteiger partial charge is 0.507 e. The third-order valence-corrected chi connectivity index (χ3v) is 2.57. The minimum Gasteiger partial charge on any atom is -0.507 e. The molecule has 112 valence electrons. The van der Waals surface area contributed by atoms with Crippen LogP contribution in [0.15, 0.2) is 53.7 Å². The Morgan fingerprint density at radius 2 is 2.00 bits per heavy atom. The molecule has 0 aliphatic rings. The second-order valence-corrected chi connectivity index (χ2v) is 4.10. The maximum Gasteiger partial charge on any atom is 0.437 e. The Balaban J connectivity index is 1.99. The van der Waals surface area contributed by atoms with Crippen LogP contribution in [0.2, 0.25) is 0 Å². The monoisotopic (exact) mass is 301 g/mol. The fourth-order valence-corrected chi connectivity index (χ4v) is 1.55. The molecule has 2 aromatic rings. The molecule has 0 atom stereocenters. The van der Waals surface area contributed by atoms with Crippen molar-refractivity contribution >= 4 is 23.7 Å². The van der Waals surface area contributed by atoms with Crippen molar-refractivity contribution in [2.24, 2.45) is 5.16 Å². The van der Waals surface area contributed by atoms with Gasteiger partial charge in [-0.2, -0.15) is 0 Å². The van der Waals surface area contributed by atoms with E-state index >= 15 is 0 Å². The van der Waals surface area contributed by atoms with Crippen LogP contribution in [0.4, 0.5) is 16.2 Å². The first kappa shape index (κ1) is 15.0. The Morgan fingerprint density at radius 3 is 2.68 bits per heavy atom. The molecule has 0 aromatic heterocycles. The molecule has 0 radical (unpaired) electrons. The van der Waals surface area contributed by atoms with Crippen molar-refractivity contribution in [2.45, 2.75) is 0 Å². The molecule has 0 bridgehead atoms. The van der Waals surface area contributed by atoms with Gasteiger partial charge in [0.1, 0.15) is 5.75 Å². The molecule has 8 heteroatoms. The summed E-state index contributed by atoms with van der Waals surface area (Å²) in [6, 6.07) is 12.0. The topological polar surface area (TPSA) is 114 Å². The number of phenolic OH excluding ortho intramolecular Hbond substituents is 1. The summed E-state index contributed by atoms with van der Waals surface area (Å²) in [6.45, 7) is 0. The van der Waals surface area contributed by atoms with E-state index in [2.05, 4.69) is 15.3 Å². The van der Waals surface area contributed by atoms with Crippen molar-refractivity contribution in [3.8, 4) is 5.75 Å². The molecular formula is C14H11N3O5. The van der Waals surface area contributed by atoms with Gasteiger partial charge in [0.2, 0.25) is 0 Å². The third-order valence-electron chi connectivity index (χ3n) is 2.57. The second kappa shape index (κ2) is 6.84. The number of anilines is 1. The van der Waals surface area contributed by atoms with Gasteiger partial charge in [0.25, 0.3) is 5.69 Å². The van der Waals surface area contributed by atoms with E-state index in [-0.39, 0.29) is 17.0 Å². The normalized spacial score (nSPS) is 10.4. The Bertz CT molecular complexity index is 716. The van der Waals surface area contributed by atoms with Gasteiger partial charge in [0.05, 0.1) is 11.1 Å². The number of nitro groups is 1. The number of benzene rings is 2. The van der Waals surface area contributed by atoms with E-state index in [1.165, 1.54) is 0 Å². The first-order valence-electron chi connectivity index (χ1n) is 6.10. The first-order valence-corrected chi connectivity index (χ1v) is 6.10. The molecule has 0 aliphatic heterocycles. The second-order valence-electron chi connectivity index (χ2n) is 4.10. The zero-order chi connectivity index (χ0) is 15.9. The number of nitro benzene ring substituents is 1. The summed E-state index contributed by atoms with van der Waals surface area (Å²) >= 11 is 0. The number of phenols is 1. The highest BCUT2D eigenvalue weighted by molar-refractivity contribution is 5.87. The van der Waals surface area contributed by atoms with Crippen LogP contribution in [-0.4, -0.2) is 22.3 Å². The quantitative estimate of drug-likeness (QED) is 0.390. The molecule has 0 heterocycles. The summed E-state index contributed by atoms with van der Waals surface area (Å²) in [6.07, 6.45) is 0.180. The number of nitrogens with one attached hydrogen (secondary N) is 1. The van der Waals surface area contributed by atoms with Crippen molar-refractivity contribution in [1.29, 1.82) is 0 Å². The van der Waals surface area contributed by atoms with Gasteiger partial charge in [-0.15, -0.1) is 0 Å². The standard InChI is InChI=1S/C14H11N3O5/c18-13-7-6-12(17(20)21)8-10(13)9-15-22-14(19)16-11-4-2-1-3-5-11/h1-9,18H,(H,16,19)/b15-9+. The Hall–Kier alpha value is -3.42. The van der Waals surface area contributed by atoms with Gasteiger partial charge >= 0.3 is 6.09 Å². The SMILES string of the molecule is O=C(Nc1ccccc1)O/N=C/c1cc([N+](=O)[O-])ccc1O. The molecule has 2 aromatic carbocycles. The molecule has 0 saturated heterocycles. The molecule has 0 saturated carbocycles. The Morgan fingerprint density at radius 1 is 1.27 bits per heavy atom. The fraction of sp³-hybridized carbons (Fsp3) is 0. The van der Waals surface area contributed by atoms with E-state index in [0.717, 1.165) is 24.4 Å². The number of hydrogen-bond acceptors (Lipinski definition) is 6. The van der Waals surface area contributed by atoms with Crippen LogP contribution in [0.3, 0.4) is 0 Å². The number of para-hydroxylation sites is 1. The van der Waals surface area contributed by atoms with Crippen LogP contribution < -0.4 is 5.32 Å². The highest BCUT2D eigenvalue weighted by atomic mass is 16.7. The summed E-state index contributed by atoms with van der Waals surface area (Å²) < 4.78 is 0. The van der Waals surface area contributed by atoms with Gasteiger partial charge in [0, 0.05) is 23.4 Å². The highest BCUT2D eigenvalue weighted by Crippen LogP contribution is 2.21. The van der Waals surface area contributed by atoms with Crippen molar-refractivity contribution < 1.29 is 19.7 Å².